The number of carbonyl (C=O) groups is 2. The van der Waals surface area contributed by atoms with Gasteiger partial charge in [-0.3, -0.25) is 14.6 Å². The number of carbonyl (C=O) groups excluding carboxylic acids is 2. The third kappa shape index (κ3) is 3.83. The first kappa shape index (κ1) is 16.6. The second-order valence-corrected chi connectivity index (χ2v) is 5.64. The van der Waals surface area contributed by atoms with Crippen molar-refractivity contribution < 1.29 is 9.59 Å². The van der Waals surface area contributed by atoms with E-state index >= 15 is 0 Å². The molecule has 0 unspecified atom stereocenters. The standard InChI is InChI=1S/C20H19N3O2/c1-15(24)23(14-13-22-20(25)17-7-3-2-4-8-17)18-11-5-9-16-10-6-12-21-19(16)18/h2-12H,13-14H2,1H3,(H,22,25). The molecular formula is C20H19N3O2. The minimum Gasteiger partial charge on any atom is -0.350 e. The predicted molar refractivity (Wildman–Crippen MR) is 98.5 cm³/mol. The number of hydrogen-bond acceptors (Lipinski definition) is 3. The molecule has 0 saturated heterocycles. The SMILES string of the molecule is CC(=O)N(CCNC(=O)c1ccccc1)c1cccc2cccnc12. The predicted octanol–water partition coefficient (Wildman–Crippen LogP) is 3.02. The normalized spacial score (nSPS) is 10.4. The Hall–Kier alpha value is -3.21. The van der Waals surface area contributed by atoms with E-state index in [2.05, 4.69) is 10.3 Å². The van der Waals surface area contributed by atoms with Gasteiger partial charge in [0.15, 0.2) is 0 Å². The summed E-state index contributed by atoms with van der Waals surface area (Å²) in [6.07, 6.45) is 1.71. The van der Waals surface area contributed by atoms with Gasteiger partial charge in [-0.25, -0.2) is 0 Å². The molecule has 3 aromatic rings. The summed E-state index contributed by atoms with van der Waals surface area (Å²) < 4.78 is 0. The Morgan fingerprint density at radius 1 is 1.00 bits per heavy atom. The summed E-state index contributed by atoms with van der Waals surface area (Å²) in [5, 5.41) is 3.82. The molecule has 1 N–H and O–H groups in total. The zero-order chi connectivity index (χ0) is 17.6. The average molecular weight is 333 g/mol. The van der Waals surface area contributed by atoms with Gasteiger partial charge in [0, 0.05) is 37.2 Å². The molecule has 126 valence electrons. The summed E-state index contributed by atoms with van der Waals surface area (Å²) in [5.74, 6) is -0.243. The quantitative estimate of drug-likeness (QED) is 0.781. The lowest BCUT2D eigenvalue weighted by atomic mass is 10.1. The highest BCUT2D eigenvalue weighted by atomic mass is 16.2. The van der Waals surface area contributed by atoms with Crippen LogP contribution < -0.4 is 10.2 Å². The highest BCUT2D eigenvalue weighted by Crippen LogP contribution is 2.24. The van der Waals surface area contributed by atoms with Crippen molar-refractivity contribution in [3.05, 3.63) is 72.4 Å². The summed E-state index contributed by atoms with van der Waals surface area (Å²) >= 11 is 0. The fourth-order valence-electron chi connectivity index (χ4n) is 2.73. The van der Waals surface area contributed by atoms with Crippen LogP contribution in [0, 0.1) is 0 Å². The monoisotopic (exact) mass is 333 g/mol. The molecule has 3 rings (SSSR count). The summed E-state index contributed by atoms with van der Waals surface area (Å²) in [6.45, 7) is 2.25. The van der Waals surface area contributed by atoms with Crippen LogP contribution in [0.3, 0.4) is 0 Å². The number of amides is 2. The van der Waals surface area contributed by atoms with Crippen LogP contribution in [-0.4, -0.2) is 29.9 Å². The van der Waals surface area contributed by atoms with Crippen LogP contribution in [0.15, 0.2) is 66.9 Å². The molecular weight excluding hydrogens is 314 g/mol. The number of fused-ring (bicyclic) bond motifs is 1. The first-order chi connectivity index (χ1) is 12.2. The molecule has 0 aliphatic carbocycles. The van der Waals surface area contributed by atoms with E-state index in [4.69, 9.17) is 0 Å². The molecule has 0 fully saturated rings. The van der Waals surface area contributed by atoms with Crippen LogP contribution in [0.2, 0.25) is 0 Å². The smallest absolute Gasteiger partial charge is 0.251 e. The fraction of sp³-hybridized carbons (Fsp3) is 0.150. The molecule has 0 aliphatic heterocycles. The second kappa shape index (κ2) is 7.57. The highest BCUT2D eigenvalue weighted by Gasteiger charge is 2.15. The van der Waals surface area contributed by atoms with E-state index < -0.39 is 0 Å². The molecule has 0 bridgehead atoms. The van der Waals surface area contributed by atoms with Gasteiger partial charge < -0.3 is 10.2 Å². The number of anilines is 1. The van der Waals surface area contributed by atoms with Crippen molar-refractivity contribution in [2.24, 2.45) is 0 Å². The molecule has 0 radical (unpaired) electrons. The molecule has 25 heavy (non-hydrogen) atoms. The van der Waals surface area contributed by atoms with Gasteiger partial charge >= 0.3 is 0 Å². The summed E-state index contributed by atoms with van der Waals surface area (Å²) in [4.78, 5) is 30.3. The average Bonchev–Trinajstić information content (AvgIpc) is 2.65. The van der Waals surface area contributed by atoms with Crippen molar-refractivity contribution >= 4 is 28.4 Å². The van der Waals surface area contributed by atoms with Gasteiger partial charge in [0.2, 0.25) is 5.91 Å². The zero-order valence-electron chi connectivity index (χ0n) is 14.0. The Morgan fingerprint density at radius 2 is 1.76 bits per heavy atom. The molecule has 1 heterocycles. The number of aromatic nitrogens is 1. The number of pyridine rings is 1. The number of para-hydroxylation sites is 1. The minimum atomic E-state index is -0.153. The first-order valence-electron chi connectivity index (χ1n) is 8.12. The summed E-state index contributed by atoms with van der Waals surface area (Å²) in [7, 11) is 0. The minimum absolute atomic E-state index is 0.0906. The van der Waals surface area contributed by atoms with Crippen molar-refractivity contribution in [2.75, 3.05) is 18.0 Å². The van der Waals surface area contributed by atoms with Gasteiger partial charge in [-0.05, 0) is 24.3 Å². The Morgan fingerprint density at radius 3 is 2.52 bits per heavy atom. The maximum atomic E-state index is 12.1. The van der Waals surface area contributed by atoms with Gasteiger partial charge in [-0.1, -0.05) is 36.4 Å². The lowest BCUT2D eigenvalue weighted by Crippen LogP contribution is -2.37. The van der Waals surface area contributed by atoms with Crippen molar-refractivity contribution in [1.29, 1.82) is 0 Å². The molecule has 0 atom stereocenters. The maximum Gasteiger partial charge on any atom is 0.251 e. The van der Waals surface area contributed by atoms with E-state index in [0.717, 1.165) is 16.6 Å². The van der Waals surface area contributed by atoms with E-state index in [-0.39, 0.29) is 11.8 Å². The van der Waals surface area contributed by atoms with Gasteiger partial charge in [0.1, 0.15) is 0 Å². The molecule has 5 nitrogen and oxygen atoms in total. The number of rotatable bonds is 5. The third-order valence-electron chi connectivity index (χ3n) is 3.94. The highest BCUT2D eigenvalue weighted by molar-refractivity contribution is 6.01. The van der Waals surface area contributed by atoms with E-state index in [1.807, 2.05) is 48.5 Å². The van der Waals surface area contributed by atoms with Crippen molar-refractivity contribution in [3.63, 3.8) is 0 Å². The van der Waals surface area contributed by atoms with Crippen LogP contribution in [0.5, 0.6) is 0 Å². The lowest BCUT2D eigenvalue weighted by molar-refractivity contribution is -0.116. The molecule has 5 heteroatoms. The summed E-state index contributed by atoms with van der Waals surface area (Å²) in [5.41, 5.74) is 2.12. The van der Waals surface area contributed by atoms with Crippen molar-refractivity contribution in [3.8, 4) is 0 Å². The van der Waals surface area contributed by atoms with Crippen LogP contribution in [0.4, 0.5) is 5.69 Å². The third-order valence-corrected chi connectivity index (χ3v) is 3.94. The van der Waals surface area contributed by atoms with Crippen LogP contribution >= 0.6 is 0 Å². The van der Waals surface area contributed by atoms with Gasteiger partial charge in [0.25, 0.3) is 5.91 Å². The van der Waals surface area contributed by atoms with Gasteiger partial charge in [0.05, 0.1) is 11.2 Å². The first-order valence-corrected chi connectivity index (χ1v) is 8.12. The van der Waals surface area contributed by atoms with Crippen LogP contribution in [0.25, 0.3) is 10.9 Å². The maximum absolute atomic E-state index is 12.1. The van der Waals surface area contributed by atoms with Crippen LogP contribution in [-0.2, 0) is 4.79 Å². The zero-order valence-corrected chi connectivity index (χ0v) is 14.0. The fourth-order valence-corrected chi connectivity index (χ4v) is 2.73. The Kier molecular flexibility index (Phi) is 5.04. The molecule has 2 amide bonds. The van der Waals surface area contributed by atoms with E-state index in [1.54, 1.807) is 23.2 Å². The van der Waals surface area contributed by atoms with E-state index in [1.165, 1.54) is 6.92 Å². The molecule has 1 aromatic heterocycles. The van der Waals surface area contributed by atoms with Crippen molar-refractivity contribution in [1.82, 2.24) is 10.3 Å². The lowest BCUT2D eigenvalue weighted by Gasteiger charge is -2.22. The number of hydrogen-bond donors (Lipinski definition) is 1. The summed E-state index contributed by atoms with van der Waals surface area (Å²) in [6, 6.07) is 18.6. The Balaban J connectivity index is 1.74. The number of nitrogens with one attached hydrogen (secondary N) is 1. The molecule has 0 spiro atoms. The Labute approximate surface area is 146 Å². The van der Waals surface area contributed by atoms with E-state index in [9.17, 15) is 9.59 Å². The second-order valence-electron chi connectivity index (χ2n) is 5.64. The molecule has 0 saturated carbocycles. The van der Waals surface area contributed by atoms with E-state index in [0.29, 0.717) is 18.7 Å². The number of benzene rings is 2. The molecule has 2 aromatic carbocycles. The van der Waals surface area contributed by atoms with Gasteiger partial charge in [-0.15, -0.1) is 0 Å². The van der Waals surface area contributed by atoms with Gasteiger partial charge in [-0.2, -0.15) is 0 Å². The van der Waals surface area contributed by atoms with Crippen LogP contribution in [0.1, 0.15) is 17.3 Å². The largest absolute Gasteiger partial charge is 0.350 e. The number of nitrogens with zero attached hydrogens (tertiary/aromatic N) is 2. The Bertz CT molecular complexity index is 888. The molecule has 0 aliphatic rings. The van der Waals surface area contributed by atoms with Crippen molar-refractivity contribution in [2.45, 2.75) is 6.92 Å². The topological polar surface area (TPSA) is 62.3 Å².